The van der Waals surface area contributed by atoms with Crippen LogP contribution in [0, 0.1) is 0 Å². The van der Waals surface area contributed by atoms with Crippen molar-refractivity contribution in [2.45, 2.75) is 45.6 Å². The molecule has 1 amide bonds. The van der Waals surface area contributed by atoms with Crippen LogP contribution in [-0.2, 0) is 24.0 Å². The van der Waals surface area contributed by atoms with Gasteiger partial charge >= 0.3 is 12.3 Å². The maximum atomic E-state index is 12.7. The Labute approximate surface area is 207 Å². The average Bonchev–Trinajstić information content (AvgIpc) is 2.84. The fourth-order valence-corrected chi connectivity index (χ4v) is 3.29. The van der Waals surface area contributed by atoms with E-state index in [9.17, 15) is 14.4 Å². The molecule has 0 spiro atoms. The van der Waals surface area contributed by atoms with Crippen molar-refractivity contribution in [2.75, 3.05) is 5.88 Å². The van der Waals surface area contributed by atoms with Crippen LogP contribution in [0.5, 0.6) is 11.5 Å². The summed E-state index contributed by atoms with van der Waals surface area (Å²) in [6.45, 7) is 5.40. The summed E-state index contributed by atoms with van der Waals surface area (Å²) in [5.41, 5.74) is 0.570. The van der Waals surface area contributed by atoms with Crippen LogP contribution in [-0.4, -0.2) is 41.2 Å². The molecule has 0 heterocycles. The number of rotatable bonds is 10. The third-order valence-corrected chi connectivity index (χ3v) is 5.25. The number of amides is 1. The lowest BCUT2D eigenvalue weighted by Crippen LogP contribution is -2.48. The van der Waals surface area contributed by atoms with E-state index in [1.807, 2.05) is 13.8 Å². The first kappa shape index (κ1) is 31.1. The zero-order valence-electron chi connectivity index (χ0n) is 19.6. The first-order chi connectivity index (χ1) is 16.6. The lowest BCUT2D eigenvalue weighted by Gasteiger charge is -2.32. The Hall–Kier alpha value is -3.90. The van der Waals surface area contributed by atoms with E-state index >= 15 is 0 Å². The van der Waals surface area contributed by atoms with Crippen molar-refractivity contribution >= 4 is 41.4 Å². The number of hydrogen-bond acceptors (Lipinski definition) is 8. The van der Waals surface area contributed by atoms with Gasteiger partial charge in [0, 0.05) is 30.0 Å². The zero-order valence-corrected chi connectivity index (χ0v) is 20.3. The predicted molar refractivity (Wildman–Crippen MR) is 124 cm³/mol. The highest BCUT2D eigenvalue weighted by Crippen LogP contribution is 2.25. The minimum atomic E-state index is -0.527. The van der Waals surface area contributed by atoms with E-state index in [-0.39, 0.29) is 42.1 Å². The number of benzene rings is 2. The van der Waals surface area contributed by atoms with E-state index in [0.717, 1.165) is 0 Å². The predicted octanol–water partition coefficient (Wildman–Crippen LogP) is 4.00. The first-order valence-electron chi connectivity index (χ1n) is 10.4. The molecule has 0 bridgehead atoms. The SMILES string of the molecule is CCC(CC)(CC(=O)c1ccc(Oc2ccc(C(=O)CCl)cc2)cc1)NC(C)=O.O=C=O.O=C=O. The Morgan fingerprint density at radius 3 is 1.49 bits per heavy atom. The second-order valence-electron chi connectivity index (χ2n) is 7.14. The van der Waals surface area contributed by atoms with Crippen LogP contribution in [0.1, 0.15) is 60.7 Å². The van der Waals surface area contributed by atoms with Crippen molar-refractivity contribution in [3.05, 3.63) is 59.7 Å². The number of carbonyl (C=O) groups excluding carboxylic acids is 7. The molecule has 0 radical (unpaired) electrons. The van der Waals surface area contributed by atoms with Gasteiger partial charge in [-0.05, 0) is 61.4 Å². The smallest absolute Gasteiger partial charge is 0.373 e. The minimum absolute atomic E-state index is 0.0297. The molecule has 0 aliphatic heterocycles. The maximum Gasteiger partial charge on any atom is 0.373 e. The molecule has 35 heavy (non-hydrogen) atoms. The molecule has 9 nitrogen and oxygen atoms in total. The lowest BCUT2D eigenvalue weighted by atomic mass is 9.85. The Morgan fingerprint density at radius 2 is 1.17 bits per heavy atom. The molecule has 1 N–H and O–H groups in total. The summed E-state index contributed by atoms with van der Waals surface area (Å²) in [7, 11) is 0. The van der Waals surface area contributed by atoms with E-state index in [1.54, 1.807) is 48.5 Å². The van der Waals surface area contributed by atoms with Gasteiger partial charge in [-0.1, -0.05) is 13.8 Å². The van der Waals surface area contributed by atoms with E-state index in [0.29, 0.717) is 35.5 Å². The second kappa shape index (κ2) is 16.7. The molecule has 2 aromatic carbocycles. The topological polar surface area (TPSA) is 141 Å². The minimum Gasteiger partial charge on any atom is -0.457 e. The summed E-state index contributed by atoms with van der Waals surface area (Å²) in [4.78, 5) is 68.3. The van der Waals surface area contributed by atoms with Gasteiger partial charge in [-0.2, -0.15) is 19.2 Å². The molecule has 0 aliphatic rings. The molecule has 0 aliphatic carbocycles. The number of Topliss-reactive ketones (excluding diaryl/α,β-unsaturated/α-hetero) is 2. The van der Waals surface area contributed by atoms with Crippen molar-refractivity contribution < 1.29 is 38.3 Å². The van der Waals surface area contributed by atoms with Gasteiger partial charge in [-0.15, -0.1) is 11.6 Å². The van der Waals surface area contributed by atoms with Gasteiger partial charge in [0.2, 0.25) is 5.91 Å². The fourth-order valence-electron chi connectivity index (χ4n) is 3.13. The molecule has 0 fully saturated rings. The van der Waals surface area contributed by atoms with Gasteiger partial charge in [-0.3, -0.25) is 14.4 Å². The van der Waals surface area contributed by atoms with Crippen LogP contribution in [0.2, 0.25) is 0 Å². The summed E-state index contributed by atoms with van der Waals surface area (Å²) in [6, 6.07) is 13.6. The molecule has 10 heteroatoms. The van der Waals surface area contributed by atoms with Crippen LogP contribution >= 0.6 is 11.6 Å². The van der Waals surface area contributed by atoms with Gasteiger partial charge < -0.3 is 10.1 Å². The number of nitrogens with one attached hydrogen (secondary N) is 1. The quantitative estimate of drug-likeness (QED) is 0.379. The molecule has 2 rings (SSSR count). The van der Waals surface area contributed by atoms with Crippen molar-refractivity contribution in [3.8, 4) is 11.5 Å². The number of halogens is 1. The molecule has 186 valence electrons. The van der Waals surface area contributed by atoms with Gasteiger partial charge in [0.15, 0.2) is 11.6 Å². The highest BCUT2D eigenvalue weighted by atomic mass is 35.5. The summed E-state index contributed by atoms with van der Waals surface area (Å²) in [5.74, 6) is 0.793. The van der Waals surface area contributed by atoms with Crippen molar-refractivity contribution in [2.24, 2.45) is 0 Å². The number of ketones is 2. The zero-order chi connectivity index (χ0) is 26.9. The molecular weight excluding hydrogens is 478 g/mol. The van der Waals surface area contributed by atoms with Gasteiger partial charge in [-0.25, -0.2) is 0 Å². The highest BCUT2D eigenvalue weighted by molar-refractivity contribution is 6.30. The van der Waals surface area contributed by atoms with Crippen LogP contribution < -0.4 is 10.1 Å². The molecule has 0 aromatic heterocycles. The van der Waals surface area contributed by atoms with E-state index in [4.69, 9.17) is 35.5 Å². The Kier molecular flexibility index (Phi) is 14.8. The number of alkyl halides is 1. The molecule has 2 aromatic rings. The van der Waals surface area contributed by atoms with Crippen molar-refractivity contribution in [1.82, 2.24) is 5.32 Å². The van der Waals surface area contributed by atoms with Crippen LogP contribution in [0.25, 0.3) is 0 Å². The van der Waals surface area contributed by atoms with E-state index < -0.39 is 5.54 Å². The van der Waals surface area contributed by atoms with Crippen molar-refractivity contribution in [3.63, 3.8) is 0 Å². The van der Waals surface area contributed by atoms with E-state index in [2.05, 4.69) is 5.32 Å². The van der Waals surface area contributed by atoms with Gasteiger partial charge in [0.05, 0.1) is 5.88 Å². The second-order valence-corrected chi connectivity index (χ2v) is 7.41. The summed E-state index contributed by atoms with van der Waals surface area (Å²) >= 11 is 5.55. The standard InChI is InChI=1S/C23H26ClNO4.2CO2/c1-4-23(5-2,25-16(3)26)14-21(27)17-6-10-19(11-7-17)29-20-12-8-18(9-13-20)22(28)15-24;2*2-1-3/h6-13H,4-5,14-15H2,1-3H3,(H,25,26);;. The number of carbonyl (C=O) groups is 3. The first-order valence-corrected chi connectivity index (χ1v) is 11.0. The fraction of sp³-hybridized carbons (Fsp3) is 0.320. The Balaban J connectivity index is 0.00000174. The van der Waals surface area contributed by atoms with Crippen molar-refractivity contribution in [1.29, 1.82) is 0 Å². The monoisotopic (exact) mass is 503 g/mol. The Morgan fingerprint density at radius 1 is 0.800 bits per heavy atom. The lowest BCUT2D eigenvalue weighted by molar-refractivity contribution is -0.193. The summed E-state index contributed by atoms with van der Waals surface area (Å²) < 4.78 is 5.76. The molecule has 0 saturated carbocycles. The van der Waals surface area contributed by atoms with E-state index in [1.165, 1.54) is 6.92 Å². The van der Waals surface area contributed by atoms with Gasteiger partial charge in [0.25, 0.3) is 0 Å². The van der Waals surface area contributed by atoms with Crippen LogP contribution in [0.4, 0.5) is 0 Å². The maximum absolute atomic E-state index is 12.7. The third-order valence-electron chi connectivity index (χ3n) is 5.00. The number of ether oxygens (including phenoxy) is 1. The third kappa shape index (κ3) is 11.2. The van der Waals surface area contributed by atoms with Crippen LogP contribution in [0.15, 0.2) is 48.5 Å². The summed E-state index contributed by atoms with van der Waals surface area (Å²) in [6.07, 6.45) is 2.10. The number of hydrogen-bond donors (Lipinski definition) is 1. The Bertz CT molecular complexity index is 1020. The van der Waals surface area contributed by atoms with Gasteiger partial charge in [0.1, 0.15) is 11.5 Å². The molecule has 0 unspecified atom stereocenters. The average molecular weight is 504 g/mol. The largest absolute Gasteiger partial charge is 0.457 e. The normalized spacial score (nSPS) is 9.60. The molecule has 0 atom stereocenters. The highest BCUT2D eigenvalue weighted by Gasteiger charge is 2.30. The molecule has 0 saturated heterocycles. The summed E-state index contributed by atoms with van der Waals surface area (Å²) in [5, 5.41) is 2.94. The van der Waals surface area contributed by atoms with Crippen LogP contribution in [0.3, 0.4) is 0 Å². The molecular formula is C25H26ClNO8.